The number of nitrogens with zero attached hydrogens (tertiary/aromatic N) is 3. The molecular formula is C18H25N3O4. The van der Waals surface area contributed by atoms with Crippen molar-refractivity contribution in [2.45, 2.75) is 45.6 Å². The molecule has 1 fully saturated rings. The lowest BCUT2D eigenvalue weighted by molar-refractivity contribution is 0.00249. The molecule has 1 amide bonds. The predicted octanol–water partition coefficient (Wildman–Crippen LogP) is 2.73. The van der Waals surface area contributed by atoms with E-state index >= 15 is 0 Å². The van der Waals surface area contributed by atoms with Gasteiger partial charge in [0, 0.05) is 25.9 Å². The smallest absolute Gasteiger partial charge is 0.257 e. The van der Waals surface area contributed by atoms with Gasteiger partial charge in [0.25, 0.3) is 5.91 Å². The summed E-state index contributed by atoms with van der Waals surface area (Å²) in [6, 6.07) is 1.69. The zero-order chi connectivity index (χ0) is 17.6. The normalized spacial score (nSPS) is 18.0. The molecule has 1 aliphatic heterocycles. The van der Waals surface area contributed by atoms with E-state index in [1.54, 1.807) is 6.07 Å². The van der Waals surface area contributed by atoms with Crippen molar-refractivity contribution < 1.29 is 18.5 Å². The van der Waals surface area contributed by atoms with E-state index in [1.165, 1.54) is 12.5 Å². The van der Waals surface area contributed by atoms with Crippen molar-refractivity contribution >= 4 is 5.91 Å². The number of rotatable bonds is 7. The lowest BCUT2D eigenvalue weighted by Crippen LogP contribution is -2.43. The highest BCUT2D eigenvalue weighted by atomic mass is 16.5. The highest BCUT2D eigenvalue weighted by molar-refractivity contribution is 5.93. The molecule has 0 aliphatic carbocycles. The van der Waals surface area contributed by atoms with Crippen LogP contribution in [0.4, 0.5) is 0 Å². The number of furan rings is 1. The van der Waals surface area contributed by atoms with E-state index in [4.69, 9.17) is 13.7 Å². The van der Waals surface area contributed by atoms with Crippen LogP contribution in [0.5, 0.6) is 0 Å². The van der Waals surface area contributed by atoms with Gasteiger partial charge in [0.1, 0.15) is 6.26 Å². The zero-order valence-electron chi connectivity index (χ0n) is 14.8. The minimum atomic E-state index is -0.00135. The van der Waals surface area contributed by atoms with Crippen LogP contribution in [0.2, 0.25) is 0 Å². The third-order valence-electron chi connectivity index (χ3n) is 4.21. The number of piperidine rings is 1. The van der Waals surface area contributed by atoms with Crippen LogP contribution >= 0.6 is 0 Å². The van der Waals surface area contributed by atoms with Crippen molar-refractivity contribution in [1.82, 2.24) is 15.0 Å². The second-order valence-corrected chi connectivity index (χ2v) is 6.85. The molecule has 136 valence electrons. The van der Waals surface area contributed by atoms with Crippen molar-refractivity contribution in [3.8, 4) is 0 Å². The molecule has 0 N–H and O–H groups in total. The molecule has 0 radical (unpaired) electrons. The predicted molar refractivity (Wildman–Crippen MR) is 90.1 cm³/mol. The molecule has 0 spiro atoms. The van der Waals surface area contributed by atoms with Crippen LogP contribution in [0.15, 0.2) is 27.5 Å². The number of hydrogen-bond acceptors (Lipinski definition) is 6. The van der Waals surface area contributed by atoms with Crippen molar-refractivity contribution in [2.75, 3.05) is 19.7 Å². The van der Waals surface area contributed by atoms with E-state index in [0.29, 0.717) is 42.8 Å². The lowest BCUT2D eigenvalue weighted by Gasteiger charge is -2.32. The fourth-order valence-electron chi connectivity index (χ4n) is 2.97. The first-order valence-corrected chi connectivity index (χ1v) is 8.86. The van der Waals surface area contributed by atoms with Gasteiger partial charge in [0.15, 0.2) is 5.82 Å². The number of carbonyl (C=O) groups is 1. The van der Waals surface area contributed by atoms with Gasteiger partial charge in [-0.2, -0.15) is 4.98 Å². The molecule has 2 aromatic rings. The van der Waals surface area contributed by atoms with Crippen LogP contribution in [0, 0.1) is 5.92 Å². The van der Waals surface area contributed by atoms with Gasteiger partial charge in [0.05, 0.1) is 24.5 Å². The van der Waals surface area contributed by atoms with E-state index in [9.17, 15) is 4.79 Å². The van der Waals surface area contributed by atoms with Gasteiger partial charge in [-0.15, -0.1) is 0 Å². The summed E-state index contributed by atoms with van der Waals surface area (Å²) in [4.78, 5) is 18.6. The summed E-state index contributed by atoms with van der Waals surface area (Å²) in [5.74, 6) is 1.85. The number of aromatic nitrogens is 2. The summed E-state index contributed by atoms with van der Waals surface area (Å²) in [7, 11) is 0. The molecule has 7 heteroatoms. The zero-order valence-corrected chi connectivity index (χ0v) is 14.8. The van der Waals surface area contributed by atoms with Crippen LogP contribution in [-0.4, -0.2) is 46.7 Å². The Bertz CT molecular complexity index is 666. The van der Waals surface area contributed by atoms with Gasteiger partial charge >= 0.3 is 0 Å². The third kappa shape index (κ3) is 4.92. The number of likely N-dealkylation sites (tertiary alicyclic amines) is 1. The van der Waals surface area contributed by atoms with E-state index < -0.39 is 0 Å². The van der Waals surface area contributed by atoms with Gasteiger partial charge in [-0.1, -0.05) is 19.0 Å². The molecule has 3 heterocycles. The molecule has 0 bridgehead atoms. The van der Waals surface area contributed by atoms with Crippen molar-refractivity contribution in [2.24, 2.45) is 5.92 Å². The molecule has 7 nitrogen and oxygen atoms in total. The maximum Gasteiger partial charge on any atom is 0.257 e. The first-order valence-electron chi connectivity index (χ1n) is 8.86. The number of hydrogen-bond donors (Lipinski definition) is 0. The van der Waals surface area contributed by atoms with Gasteiger partial charge in [-0.05, 0) is 24.8 Å². The summed E-state index contributed by atoms with van der Waals surface area (Å²) in [6.07, 6.45) is 6.36. The average molecular weight is 347 g/mol. The fourth-order valence-corrected chi connectivity index (χ4v) is 2.97. The monoisotopic (exact) mass is 347 g/mol. The molecule has 2 aromatic heterocycles. The summed E-state index contributed by atoms with van der Waals surface area (Å²) in [5, 5.41) is 3.99. The van der Waals surface area contributed by atoms with Crippen molar-refractivity contribution in [3.63, 3.8) is 0 Å². The Morgan fingerprint density at radius 1 is 1.48 bits per heavy atom. The quantitative estimate of drug-likeness (QED) is 0.766. The summed E-state index contributed by atoms with van der Waals surface area (Å²) >= 11 is 0. The van der Waals surface area contributed by atoms with Crippen LogP contribution in [0.3, 0.4) is 0 Å². The minimum Gasteiger partial charge on any atom is -0.472 e. The highest BCUT2D eigenvalue weighted by Gasteiger charge is 2.25. The molecule has 1 saturated heterocycles. The van der Waals surface area contributed by atoms with E-state index in [-0.39, 0.29) is 12.0 Å². The maximum absolute atomic E-state index is 12.4. The Morgan fingerprint density at radius 2 is 2.36 bits per heavy atom. The summed E-state index contributed by atoms with van der Waals surface area (Å²) in [6.45, 7) is 6.13. The van der Waals surface area contributed by atoms with Gasteiger partial charge in [-0.25, -0.2) is 0 Å². The molecule has 3 rings (SSSR count). The Hall–Kier alpha value is -2.15. The summed E-state index contributed by atoms with van der Waals surface area (Å²) in [5.41, 5.74) is 0.588. The Labute approximate surface area is 147 Å². The first kappa shape index (κ1) is 17.7. The second kappa shape index (κ2) is 8.29. The van der Waals surface area contributed by atoms with Crippen LogP contribution < -0.4 is 0 Å². The highest BCUT2D eigenvalue weighted by Crippen LogP contribution is 2.17. The van der Waals surface area contributed by atoms with Crippen LogP contribution in [0.25, 0.3) is 0 Å². The number of carbonyl (C=O) groups excluding carboxylic acids is 1. The average Bonchev–Trinajstić information content (AvgIpc) is 3.26. The van der Waals surface area contributed by atoms with Crippen LogP contribution in [-0.2, 0) is 17.6 Å². The topological polar surface area (TPSA) is 81.6 Å². The lowest BCUT2D eigenvalue weighted by atomic mass is 10.1. The molecule has 25 heavy (non-hydrogen) atoms. The van der Waals surface area contributed by atoms with E-state index in [2.05, 4.69) is 24.0 Å². The minimum absolute atomic E-state index is 0.00135. The molecule has 0 saturated carbocycles. The van der Waals surface area contributed by atoms with Gasteiger partial charge in [0.2, 0.25) is 5.89 Å². The number of amides is 1. The largest absolute Gasteiger partial charge is 0.472 e. The second-order valence-electron chi connectivity index (χ2n) is 6.85. The molecule has 0 aromatic carbocycles. The molecule has 1 atom stereocenters. The number of ether oxygens (including phenoxy) is 1. The van der Waals surface area contributed by atoms with Crippen molar-refractivity contribution in [3.05, 3.63) is 35.9 Å². The molecule has 1 aliphatic rings. The van der Waals surface area contributed by atoms with Gasteiger partial charge in [-0.3, -0.25) is 4.79 Å². The maximum atomic E-state index is 12.4. The van der Waals surface area contributed by atoms with Crippen molar-refractivity contribution in [1.29, 1.82) is 0 Å². The van der Waals surface area contributed by atoms with E-state index in [0.717, 1.165) is 25.8 Å². The Kier molecular flexibility index (Phi) is 5.86. The Balaban J connectivity index is 1.44. The fraction of sp³-hybridized carbons (Fsp3) is 0.611. The SMILES string of the molecule is CC(C)Cc1nc(CCOC2CCCN(C(=O)c3ccoc3)C2)no1. The first-order chi connectivity index (χ1) is 12.1. The third-order valence-corrected chi connectivity index (χ3v) is 4.21. The standard InChI is InChI=1S/C18H25N3O4/c1-13(2)10-17-19-16(20-25-17)6-9-24-15-4-3-7-21(11-15)18(22)14-5-8-23-12-14/h5,8,12-13,15H,3-4,6-7,9-11H2,1-2H3. The van der Waals surface area contributed by atoms with E-state index in [1.807, 2.05) is 4.90 Å². The Morgan fingerprint density at radius 3 is 3.12 bits per heavy atom. The van der Waals surface area contributed by atoms with Gasteiger partial charge < -0.3 is 18.6 Å². The molecular weight excluding hydrogens is 322 g/mol. The van der Waals surface area contributed by atoms with Crippen LogP contribution in [0.1, 0.15) is 48.8 Å². The molecule has 1 unspecified atom stereocenters. The summed E-state index contributed by atoms with van der Waals surface area (Å²) < 4.78 is 16.2.